The first-order valence-corrected chi connectivity index (χ1v) is 7.86. The molecule has 1 saturated heterocycles. The SMILES string of the molecule is COCC1(C(=O)Nc2ccc(C)c(NC(C)=O)c2)CCNCC1. The monoisotopic (exact) mass is 319 g/mol. The van der Waals surface area contributed by atoms with E-state index in [4.69, 9.17) is 4.74 Å². The fraction of sp³-hybridized carbons (Fsp3) is 0.529. The zero-order chi connectivity index (χ0) is 16.9. The van der Waals surface area contributed by atoms with Crippen molar-refractivity contribution in [3.05, 3.63) is 23.8 Å². The van der Waals surface area contributed by atoms with Crippen LogP contribution in [0.2, 0.25) is 0 Å². The number of nitrogens with one attached hydrogen (secondary N) is 3. The van der Waals surface area contributed by atoms with E-state index < -0.39 is 5.41 Å². The molecule has 23 heavy (non-hydrogen) atoms. The molecular formula is C17H25N3O3. The van der Waals surface area contributed by atoms with E-state index in [1.807, 2.05) is 19.1 Å². The summed E-state index contributed by atoms with van der Waals surface area (Å²) in [6, 6.07) is 5.52. The number of anilines is 2. The maximum absolute atomic E-state index is 12.8. The molecule has 0 bridgehead atoms. The second kappa shape index (κ2) is 7.57. The lowest BCUT2D eigenvalue weighted by Crippen LogP contribution is -2.47. The van der Waals surface area contributed by atoms with E-state index in [2.05, 4.69) is 16.0 Å². The minimum absolute atomic E-state index is 0.0292. The summed E-state index contributed by atoms with van der Waals surface area (Å²) in [6.07, 6.45) is 1.49. The highest BCUT2D eigenvalue weighted by Gasteiger charge is 2.39. The summed E-state index contributed by atoms with van der Waals surface area (Å²) in [4.78, 5) is 24.1. The molecule has 0 aromatic heterocycles. The van der Waals surface area contributed by atoms with Gasteiger partial charge >= 0.3 is 0 Å². The van der Waals surface area contributed by atoms with Gasteiger partial charge in [-0.1, -0.05) is 6.07 Å². The van der Waals surface area contributed by atoms with Gasteiger partial charge in [0.15, 0.2) is 0 Å². The highest BCUT2D eigenvalue weighted by molar-refractivity contribution is 5.97. The van der Waals surface area contributed by atoms with Gasteiger partial charge in [-0.05, 0) is 50.6 Å². The molecule has 0 saturated carbocycles. The molecule has 1 aliphatic heterocycles. The van der Waals surface area contributed by atoms with E-state index in [-0.39, 0.29) is 11.8 Å². The molecule has 0 aliphatic carbocycles. The van der Waals surface area contributed by atoms with Gasteiger partial charge in [0.1, 0.15) is 0 Å². The van der Waals surface area contributed by atoms with Crippen LogP contribution in [0.5, 0.6) is 0 Å². The van der Waals surface area contributed by atoms with Gasteiger partial charge in [-0.25, -0.2) is 0 Å². The number of hydrogen-bond donors (Lipinski definition) is 3. The Balaban J connectivity index is 2.16. The summed E-state index contributed by atoms with van der Waals surface area (Å²) in [7, 11) is 1.62. The second-order valence-electron chi connectivity index (χ2n) is 6.13. The number of carbonyl (C=O) groups excluding carboxylic acids is 2. The van der Waals surface area contributed by atoms with Crippen molar-refractivity contribution in [2.75, 3.05) is 37.4 Å². The van der Waals surface area contributed by atoms with Crippen molar-refractivity contribution in [2.24, 2.45) is 5.41 Å². The first kappa shape index (κ1) is 17.4. The van der Waals surface area contributed by atoms with Gasteiger partial charge < -0.3 is 20.7 Å². The predicted molar refractivity (Wildman–Crippen MR) is 90.5 cm³/mol. The minimum Gasteiger partial charge on any atom is -0.384 e. The maximum Gasteiger partial charge on any atom is 0.233 e. The summed E-state index contributed by atoms with van der Waals surface area (Å²) < 4.78 is 5.29. The number of methoxy groups -OCH3 is 1. The van der Waals surface area contributed by atoms with Crippen LogP contribution in [0.1, 0.15) is 25.3 Å². The number of hydrogen-bond acceptors (Lipinski definition) is 4. The van der Waals surface area contributed by atoms with Crippen molar-refractivity contribution in [3.63, 3.8) is 0 Å². The van der Waals surface area contributed by atoms with Crippen LogP contribution in [-0.2, 0) is 14.3 Å². The van der Waals surface area contributed by atoms with Crippen molar-refractivity contribution in [1.29, 1.82) is 0 Å². The van der Waals surface area contributed by atoms with Crippen molar-refractivity contribution in [3.8, 4) is 0 Å². The lowest BCUT2D eigenvalue weighted by atomic mass is 9.78. The largest absolute Gasteiger partial charge is 0.384 e. The highest BCUT2D eigenvalue weighted by Crippen LogP contribution is 2.31. The van der Waals surface area contributed by atoms with E-state index in [1.54, 1.807) is 13.2 Å². The zero-order valence-electron chi connectivity index (χ0n) is 14.0. The van der Waals surface area contributed by atoms with Gasteiger partial charge in [-0.2, -0.15) is 0 Å². The lowest BCUT2D eigenvalue weighted by molar-refractivity contribution is -0.130. The van der Waals surface area contributed by atoms with E-state index in [0.29, 0.717) is 18.0 Å². The summed E-state index contributed by atoms with van der Waals surface area (Å²) in [5, 5.41) is 9.03. The number of ether oxygens (including phenoxy) is 1. The van der Waals surface area contributed by atoms with Gasteiger partial charge in [0.2, 0.25) is 11.8 Å². The molecule has 6 nitrogen and oxygen atoms in total. The number of rotatable bonds is 5. The van der Waals surface area contributed by atoms with Crippen LogP contribution in [0.25, 0.3) is 0 Å². The molecule has 1 aliphatic rings. The van der Waals surface area contributed by atoms with E-state index >= 15 is 0 Å². The third-order valence-electron chi connectivity index (χ3n) is 4.27. The van der Waals surface area contributed by atoms with Gasteiger partial charge in [0.05, 0.1) is 12.0 Å². The summed E-state index contributed by atoms with van der Waals surface area (Å²) in [6.45, 7) is 5.40. The van der Waals surface area contributed by atoms with Crippen molar-refractivity contribution in [1.82, 2.24) is 5.32 Å². The Bertz CT molecular complexity index is 575. The quantitative estimate of drug-likeness (QED) is 0.774. The van der Waals surface area contributed by atoms with Crippen LogP contribution in [0, 0.1) is 12.3 Å². The normalized spacial score (nSPS) is 16.7. The summed E-state index contributed by atoms with van der Waals surface area (Å²) in [5.41, 5.74) is 1.84. The topological polar surface area (TPSA) is 79.5 Å². The van der Waals surface area contributed by atoms with Crippen LogP contribution >= 0.6 is 0 Å². The molecule has 6 heteroatoms. The Labute approximate surface area is 137 Å². The molecule has 2 amide bonds. The molecule has 1 aromatic rings. The number of amides is 2. The number of carbonyl (C=O) groups is 2. The average molecular weight is 319 g/mol. The molecule has 1 fully saturated rings. The second-order valence-corrected chi connectivity index (χ2v) is 6.13. The fourth-order valence-corrected chi connectivity index (χ4v) is 2.91. The van der Waals surface area contributed by atoms with Crippen molar-refractivity contribution in [2.45, 2.75) is 26.7 Å². The van der Waals surface area contributed by atoms with Gasteiger partial charge in [0.25, 0.3) is 0 Å². The Morgan fingerprint density at radius 3 is 2.57 bits per heavy atom. The Kier molecular flexibility index (Phi) is 5.74. The van der Waals surface area contributed by atoms with Crippen LogP contribution in [-0.4, -0.2) is 38.6 Å². The van der Waals surface area contributed by atoms with E-state index in [1.165, 1.54) is 6.92 Å². The Morgan fingerprint density at radius 1 is 1.26 bits per heavy atom. The Hall–Kier alpha value is -1.92. The third-order valence-corrected chi connectivity index (χ3v) is 4.27. The first-order chi connectivity index (χ1) is 11.0. The molecule has 0 atom stereocenters. The van der Waals surface area contributed by atoms with E-state index in [9.17, 15) is 9.59 Å². The maximum atomic E-state index is 12.8. The van der Waals surface area contributed by atoms with Crippen LogP contribution < -0.4 is 16.0 Å². The number of benzene rings is 1. The summed E-state index contributed by atoms with van der Waals surface area (Å²) in [5.74, 6) is -0.163. The first-order valence-electron chi connectivity index (χ1n) is 7.86. The molecule has 0 unspecified atom stereocenters. The molecule has 0 spiro atoms. The standard InChI is InChI=1S/C17H25N3O3/c1-12-4-5-14(10-15(12)19-13(2)21)20-16(22)17(11-23-3)6-8-18-9-7-17/h4-5,10,18H,6-9,11H2,1-3H3,(H,19,21)(H,20,22). The minimum atomic E-state index is -0.501. The van der Waals surface area contributed by atoms with Crippen LogP contribution in [0.4, 0.5) is 11.4 Å². The lowest BCUT2D eigenvalue weighted by Gasteiger charge is -2.35. The Morgan fingerprint density at radius 2 is 1.96 bits per heavy atom. The van der Waals surface area contributed by atoms with Crippen LogP contribution in [0.3, 0.4) is 0 Å². The molecule has 3 N–H and O–H groups in total. The molecule has 0 radical (unpaired) electrons. The van der Waals surface area contributed by atoms with Crippen molar-refractivity contribution >= 4 is 23.2 Å². The molecule has 2 rings (SSSR count). The number of aryl methyl sites for hydroxylation is 1. The van der Waals surface area contributed by atoms with E-state index in [0.717, 1.165) is 31.5 Å². The predicted octanol–water partition coefficient (Wildman–Crippen LogP) is 1.91. The fourth-order valence-electron chi connectivity index (χ4n) is 2.91. The third kappa shape index (κ3) is 4.30. The average Bonchev–Trinajstić information content (AvgIpc) is 2.51. The number of piperidine rings is 1. The molecular weight excluding hydrogens is 294 g/mol. The smallest absolute Gasteiger partial charge is 0.233 e. The van der Waals surface area contributed by atoms with Gasteiger partial charge in [-0.15, -0.1) is 0 Å². The molecule has 1 aromatic carbocycles. The summed E-state index contributed by atoms with van der Waals surface area (Å²) >= 11 is 0. The molecule has 1 heterocycles. The molecule has 126 valence electrons. The van der Waals surface area contributed by atoms with Gasteiger partial charge in [0, 0.05) is 25.4 Å². The van der Waals surface area contributed by atoms with Crippen molar-refractivity contribution < 1.29 is 14.3 Å². The highest BCUT2D eigenvalue weighted by atomic mass is 16.5. The van der Waals surface area contributed by atoms with Gasteiger partial charge in [-0.3, -0.25) is 9.59 Å². The van der Waals surface area contributed by atoms with Crippen LogP contribution in [0.15, 0.2) is 18.2 Å². The zero-order valence-corrected chi connectivity index (χ0v) is 14.0.